The molecule has 0 aromatic carbocycles. The molecule has 0 atom stereocenters. The van der Waals surface area contributed by atoms with E-state index >= 15 is 0 Å². The number of rotatable bonds is 4. The normalized spacial score (nSPS) is 12.2. The van der Waals surface area contributed by atoms with Crippen LogP contribution in [0, 0.1) is 0 Å². The first kappa shape index (κ1) is 11.8. The first-order chi connectivity index (χ1) is 7.56. The summed E-state index contributed by atoms with van der Waals surface area (Å²) >= 11 is 3.34. The quantitative estimate of drug-likeness (QED) is 0.673. The van der Waals surface area contributed by atoms with Crippen molar-refractivity contribution in [3.8, 4) is 0 Å². The van der Waals surface area contributed by atoms with Crippen LogP contribution in [0.4, 0.5) is 0 Å². The second-order valence-corrected chi connectivity index (χ2v) is 6.22. The summed E-state index contributed by atoms with van der Waals surface area (Å²) in [4.78, 5) is 8.47. The zero-order chi connectivity index (χ0) is 11.6. The van der Waals surface area contributed by atoms with Crippen molar-refractivity contribution in [2.24, 2.45) is 0 Å². The minimum atomic E-state index is -0.603. The molecule has 0 spiro atoms. The minimum Gasteiger partial charge on any atom is -0.390 e. The summed E-state index contributed by atoms with van der Waals surface area (Å²) in [6.45, 7) is 3.66. The minimum absolute atomic E-state index is 0.603. The van der Waals surface area contributed by atoms with Gasteiger partial charge >= 0.3 is 0 Å². The van der Waals surface area contributed by atoms with Crippen molar-refractivity contribution in [3.63, 3.8) is 0 Å². The van der Waals surface area contributed by atoms with Gasteiger partial charge in [-0.1, -0.05) is 0 Å². The van der Waals surface area contributed by atoms with E-state index in [2.05, 4.69) is 9.97 Å². The van der Waals surface area contributed by atoms with Gasteiger partial charge in [0.05, 0.1) is 15.8 Å². The molecular weight excluding hydrogens is 240 g/mol. The molecule has 86 valence electrons. The molecule has 3 nitrogen and oxygen atoms in total. The van der Waals surface area contributed by atoms with Crippen molar-refractivity contribution in [2.45, 2.75) is 30.9 Å². The first-order valence-corrected chi connectivity index (χ1v) is 6.96. The Morgan fingerprint density at radius 3 is 3.00 bits per heavy atom. The average molecular weight is 254 g/mol. The summed E-state index contributed by atoms with van der Waals surface area (Å²) in [5, 5.41) is 12.7. The Bertz CT molecular complexity index is 476. The Hall–Kier alpha value is -0.650. The van der Waals surface area contributed by atoms with E-state index in [-0.39, 0.29) is 0 Å². The smallest absolute Gasteiger partial charge is 0.117 e. The van der Waals surface area contributed by atoms with Crippen LogP contribution in [0.1, 0.15) is 20.3 Å². The van der Waals surface area contributed by atoms with Gasteiger partial charge < -0.3 is 5.11 Å². The predicted molar refractivity (Wildman–Crippen MR) is 69.1 cm³/mol. The van der Waals surface area contributed by atoms with Crippen LogP contribution in [0.5, 0.6) is 0 Å². The molecule has 0 saturated carbocycles. The molecule has 0 aliphatic heterocycles. The highest BCUT2D eigenvalue weighted by molar-refractivity contribution is 7.99. The van der Waals surface area contributed by atoms with Crippen molar-refractivity contribution < 1.29 is 5.11 Å². The average Bonchev–Trinajstić information content (AvgIpc) is 2.64. The Labute approximate surface area is 103 Å². The molecule has 0 bridgehead atoms. The molecule has 2 rings (SSSR count). The van der Waals surface area contributed by atoms with E-state index in [1.54, 1.807) is 29.4 Å². The molecule has 0 aliphatic rings. The summed E-state index contributed by atoms with van der Waals surface area (Å²) < 4.78 is 1.14. The van der Waals surface area contributed by atoms with Crippen LogP contribution in [0.25, 0.3) is 10.2 Å². The Morgan fingerprint density at radius 2 is 2.25 bits per heavy atom. The number of fused-ring (bicyclic) bond motifs is 1. The summed E-state index contributed by atoms with van der Waals surface area (Å²) in [6, 6.07) is 2.00. The zero-order valence-electron chi connectivity index (χ0n) is 9.30. The van der Waals surface area contributed by atoms with Crippen LogP contribution in [0.3, 0.4) is 0 Å². The predicted octanol–water partition coefficient (Wildman–Crippen LogP) is 2.94. The Balaban J connectivity index is 2.07. The van der Waals surface area contributed by atoms with Crippen LogP contribution in [-0.4, -0.2) is 26.4 Å². The molecule has 0 radical (unpaired) electrons. The maximum Gasteiger partial charge on any atom is 0.117 e. The molecule has 16 heavy (non-hydrogen) atoms. The van der Waals surface area contributed by atoms with E-state index in [1.807, 2.05) is 25.3 Å². The van der Waals surface area contributed by atoms with Crippen LogP contribution in [-0.2, 0) is 0 Å². The van der Waals surface area contributed by atoms with E-state index in [0.717, 1.165) is 27.4 Å². The van der Waals surface area contributed by atoms with Crippen LogP contribution >= 0.6 is 23.1 Å². The molecule has 2 aromatic heterocycles. The van der Waals surface area contributed by atoms with Crippen molar-refractivity contribution in [3.05, 3.63) is 17.8 Å². The van der Waals surface area contributed by atoms with E-state index in [1.165, 1.54) is 0 Å². The van der Waals surface area contributed by atoms with E-state index < -0.39 is 5.60 Å². The van der Waals surface area contributed by atoms with Gasteiger partial charge in [-0.2, -0.15) is 0 Å². The van der Waals surface area contributed by atoms with Crippen molar-refractivity contribution in [1.29, 1.82) is 0 Å². The number of aliphatic hydroxyl groups is 1. The van der Waals surface area contributed by atoms with Crippen molar-refractivity contribution in [1.82, 2.24) is 9.97 Å². The fourth-order valence-electron chi connectivity index (χ4n) is 1.27. The lowest BCUT2D eigenvalue weighted by Gasteiger charge is -2.15. The molecule has 0 unspecified atom stereocenters. The fraction of sp³-hybridized carbons (Fsp3) is 0.455. The largest absolute Gasteiger partial charge is 0.390 e. The van der Waals surface area contributed by atoms with E-state index in [4.69, 9.17) is 0 Å². The fourth-order valence-corrected chi connectivity index (χ4v) is 3.47. The standard InChI is InChI=1S/C11H14N2OS2/c1-11(2,14)4-6-16-10-9-8(3-5-15-9)12-7-13-10/h3,5,7,14H,4,6H2,1-2H3. The van der Waals surface area contributed by atoms with Gasteiger partial charge in [-0.15, -0.1) is 23.1 Å². The highest BCUT2D eigenvalue weighted by atomic mass is 32.2. The third kappa shape index (κ3) is 2.93. The second kappa shape index (κ2) is 4.69. The van der Waals surface area contributed by atoms with Crippen molar-refractivity contribution in [2.75, 3.05) is 5.75 Å². The van der Waals surface area contributed by atoms with Gasteiger partial charge in [-0.05, 0) is 31.7 Å². The maximum atomic E-state index is 9.63. The lowest BCUT2D eigenvalue weighted by Crippen LogP contribution is -2.19. The van der Waals surface area contributed by atoms with Gasteiger partial charge in [0, 0.05) is 5.75 Å². The topological polar surface area (TPSA) is 46.0 Å². The number of thiophene rings is 1. The highest BCUT2D eigenvalue weighted by Crippen LogP contribution is 2.29. The number of hydrogen-bond donors (Lipinski definition) is 1. The second-order valence-electron chi connectivity index (χ2n) is 4.22. The molecule has 0 saturated heterocycles. The molecule has 0 amide bonds. The molecular formula is C11H14N2OS2. The summed E-state index contributed by atoms with van der Waals surface area (Å²) in [5.74, 6) is 0.869. The van der Waals surface area contributed by atoms with Crippen LogP contribution in [0.2, 0.25) is 0 Å². The molecule has 1 N–H and O–H groups in total. The SMILES string of the molecule is CC(C)(O)CCSc1ncnc2ccsc12. The lowest BCUT2D eigenvalue weighted by molar-refractivity contribution is 0.0777. The van der Waals surface area contributed by atoms with Gasteiger partial charge in [0.1, 0.15) is 11.4 Å². The Morgan fingerprint density at radius 1 is 1.44 bits per heavy atom. The molecule has 0 fully saturated rings. The lowest BCUT2D eigenvalue weighted by atomic mass is 10.1. The first-order valence-electron chi connectivity index (χ1n) is 5.10. The van der Waals surface area contributed by atoms with Crippen molar-refractivity contribution >= 4 is 33.3 Å². The number of thioether (sulfide) groups is 1. The summed E-state index contributed by atoms with van der Waals surface area (Å²) in [7, 11) is 0. The highest BCUT2D eigenvalue weighted by Gasteiger charge is 2.13. The van der Waals surface area contributed by atoms with Gasteiger partial charge in [-0.3, -0.25) is 0 Å². The summed E-state index contributed by atoms with van der Waals surface area (Å²) in [5.41, 5.74) is 0.403. The maximum absolute atomic E-state index is 9.63. The van der Waals surface area contributed by atoms with Gasteiger partial charge in [0.2, 0.25) is 0 Å². The van der Waals surface area contributed by atoms with E-state index in [0.29, 0.717) is 0 Å². The number of aromatic nitrogens is 2. The summed E-state index contributed by atoms with van der Waals surface area (Å²) in [6.07, 6.45) is 2.36. The monoisotopic (exact) mass is 254 g/mol. The van der Waals surface area contributed by atoms with Crippen LogP contribution < -0.4 is 0 Å². The van der Waals surface area contributed by atoms with Gasteiger partial charge in [0.25, 0.3) is 0 Å². The zero-order valence-corrected chi connectivity index (χ0v) is 10.9. The van der Waals surface area contributed by atoms with Gasteiger partial charge in [0.15, 0.2) is 0 Å². The molecule has 2 heterocycles. The van der Waals surface area contributed by atoms with Crippen LogP contribution in [0.15, 0.2) is 22.8 Å². The van der Waals surface area contributed by atoms with E-state index in [9.17, 15) is 5.11 Å². The number of hydrogen-bond acceptors (Lipinski definition) is 5. The number of nitrogens with zero attached hydrogens (tertiary/aromatic N) is 2. The molecule has 2 aromatic rings. The third-order valence-corrected chi connectivity index (χ3v) is 4.19. The molecule has 5 heteroatoms. The Kier molecular flexibility index (Phi) is 3.47. The van der Waals surface area contributed by atoms with Gasteiger partial charge in [-0.25, -0.2) is 9.97 Å². The third-order valence-electron chi connectivity index (χ3n) is 2.16. The molecule has 0 aliphatic carbocycles.